The number of hydrogen-bond donors (Lipinski definition) is 2. The lowest BCUT2D eigenvalue weighted by atomic mass is 9.76. The Bertz CT molecular complexity index is 435. The van der Waals surface area contributed by atoms with E-state index in [4.69, 9.17) is 9.47 Å². The molecule has 4 heteroatoms. The molecule has 2 aliphatic rings. The van der Waals surface area contributed by atoms with Crippen molar-refractivity contribution in [3.63, 3.8) is 0 Å². The van der Waals surface area contributed by atoms with Crippen LogP contribution in [0.15, 0.2) is 0 Å². The summed E-state index contributed by atoms with van der Waals surface area (Å²) in [6.45, 7) is 22.2. The number of ether oxygens (including phenoxy) is 2. The number of piperidine rings is 2. The summed E-state index contributed by atoms with van der Waals surface area (Å²) in [7, 11) is 0. The predicted molar refractivity (Wildman–Crippen MR) is 128 cm³/mol. The van der Waals surface area contributed by atoms with Gasteiger partial charge < -0.3 is 20.1 Å². The molecule has 0 aromatic carbocycles. The van der Waals surface area contributed by atoms with Gasteiger partial charge in [-0.1, -0.05) is 12.8 Å². The molecule has 0 amide bonds. The third-order valence-electron chi connectivity index (χ3n) is 6.58. The van der Waals surface area contributed by atoms with E-state index in [9.17, 15) is 0 Å². The second kappa shape index (κ2) is 10.6. The van der Waals surface area contributed by atoms with Gasteiger partial charge in [0.15, 0.2) is 0 Å². The largest absolute Gasteiger partial charge is 0.381 e. The highest BCUT2D eigenvalue weighted by molar-refractivity contribution is 4.97. The molecule has 2 saturated heterocycles. The fourth-order valence-electron chi connectivity index (χ4n) is 6.56. The predicted octanol–water partition coefficient (Wildman–Crippen LogP) is 5.69. The minimum absolute atomic E-state index is 0.218. The lowest BCUT2D eigenvalue weighted by molar-refractivity contribution is 0.0359. The highest BCUT2D eigenvalue weighted by Gasteiger charge is 2.38. The zero-order valence-corrected chi connectivity index (χ0v) is 21.5. The number of nitrogens with one attached hydrogen (secondary N) is 2. The lowest BCUT2D eigenvalue weighted by Gasteiger charge is -2.46. The molecule has 0 atom stereocenters. The summed E-state index contributed by atoms with van der Waals surface area (Å²) in [4.78, 5) is 0. The minimum atomic E-state index is 0.218. The van der Waals surface area contributed by atoms with Crippen LogP contribution in [0.1, 0.15) is 107 Å². The molecule has 2 N–H and O–H groups in total. The van der Waals surface area contributed by atoms with Crippen molar-refractivity contribution in [1.29, 1.82) is 0 Å². The van der Waals surface area contributed by atoms with Crippen LogP contribution in [-0.4, -0.2) is 48.6 Å². The molecule has 2 heterocycles. The molecule has 0 saturated carbocycles. The average Bonchev–Trinajstić information content (AvgIpc) is 2.50. The third-order valence-corrected chi connectivity index (χ3v) is 6.58. The van der Waals surface area contributed by atoms with E-state index in [0.29, 0.717) is 11.8 Å². The van der Waals surface area contributed by atoms with Crippen molar-refractivity contribution >= 4 is 0 Å². The lowest BCUT2D eigenvalue weighted by Crippen LogP contribution is -2.58. The Morgan fingerprint density at radius 2 is 0.833 bits per heavy atom. The van der Waals surface area contributed by atoms with Crippen LogP contribution in [0.5, 0.6) is 0 Å². The van der Waals surface area contributed by atoms with Crippen molar-refractivity contribution in [3.8, 4) is 0 Å². The summed E-state index contributed by atoms with van der Waals surface area (Å²) < 4.78 is 12.1. The van der Waals surface area contributed by atoms with Crippen molar-refractivity contribution in [2.24, 2.45) is 11.8 Å². The van der Waals surface area contributed by atoms with Crippen LogP contribution in [0.2, 0.25) is 0 Å². The Labute approximate surface area is 187 Å². The van der Waals surface area contributed by atoms with E-state index in [1.807, 2.05) is 0 Å². The van der Waals surface area contributed by atoms with E-state index >= 15 is 0 Å². The molecule has 0 spiro atoms. The molecule has 0 radical (unpaired) electrons. The van der Waals surface area contributed by atoms with E-state index < -0.39 is 0 Å². The molecule has 2 fully saturated rings. The number of hydrogen-bond acceptors (Lipinski definition) is 4. The summed E-state index contributed by atoms with van der Waals surface area (Å²) in [5, 5.41) is 7.51. The summed E-state index contributed by atoms with van der Waals surface area (Å²) >= 11 is 0. The highest BCUT2D eigenvalue weighted by atomic mass is 16.5. The van der Waals surface area contributed by atoms with Crippen molar-refractivity contribution in [1.82, 2.24) is 10.6 Å². The monoisotopic (exact) mass is 424 g/mol. The quantitative estimate of drug-likeness (QED) is 0.418. The van der Waals surface area contributed by atoms with Crippen LogP contribution in [0.4, 0.5) is 0 Å². The summed E-state index contributed by atoms with van der Waals surface area (Å²) in [6, 6.07) is 0. The van der Waals surface area contributed by atoms with Gasteiger partial charge in [0.05, 0.1) is 0 Å². The maximum atomic E-state index is 6.04. The van der Waals surface area contributed by atoms with Gasteiger partial charge in [-0.25, -0.2) is 0 Å². The molecule has 0 unspecified atom stereocenters. The van der Waals surface area contributed by atoms with E-state index in [1.165, 1.54) is 51.4 Å². The Hall–Kier alpha value is -0.160. The van der Waals surface area contributed by atoms with E-state index in [0.717, 1.165) is 26.4 Å². The van der Waals surface area contributed by atoms with Gasteiger partial charge in [0.1, 0.15) is 0 Å². The zero-order chi connectivity index (χ0) is 22.5. The molecule has 0 aromatic heterocycles. The molecular weight excluding hydrogens is 372 g/mol. The van der Waals surface area contributed by atoms with Gasteiger partial charge in [0.25, 0.3) is 0 Å². The smallest absolute Gasteiger partial charge is 0.0495 e. The first kappa shape index (κ1) is 26.1. The molecule has 178 valence electrons. The molecular formula is C26H52N2O2. The fourth-order valence-corrected chi connectivity index (χ4v) is 6.56. The van der Waals surface area contributed by atoms with E-state index in [-0.39, 0.29) is 22.2 Å². The Balaban J connectivity index is 1.46. The topological polar surface area (TPSA) is 42.5 Å². The number of rotatable bonds is 11. The fraction of sp³-hybridized carbons (Fsp3) is 1.00. The summed E-state index contributed by atoms with van der Waals surface area (Å²) in [5.74, 6) is 1.35. The Morgan fingerprint density at radius 3 is 1.13 bits per heavy atom. The van der Waals surface area contributed by atoms with Crippen LogP contribution in [0.3, 0.4) is 0 Å². The van der Waals surface area contributed by atoms with Gasteiger partial charge in [-0.05, 0) is 106 Å². The van der Waals surface area contributed by atoms with Crippen LogP contribution in [0.25, 0.3) is 0 Å². The van der Waals surface area contributed by atoms with Gasteiger partial charge in [-0.3, -0.25) is 0 Å². The van der Waals surface area contributed by atoms with Crippen molar-refractivity contribution in [2.45, 2.75) is 129 Å². The average molecular weight is 425 g/mol. The van der Waals surface area contributed by atoms with Gasteiger partial charge in [0.2, 0.25) is 0 Å². The van der Waals surface area contributed by atoms with Crippen LogP contribution in [0, 0.1) is 11.8 Å². The normalized spacial score (nSPS) is 26.0. The van der Waals surface area contributed by atoms with Crippen LogP contribution >= 0.6 is 0 Å². The first-order valence-electron chi connectivity index (χ1n) is 12.5. The van der Waals surface area contributed by atoms with Crippen molar-refractivity contribution in [2.75, 3.05) is 26.4 Å². The molecule has 2 aliphatic heterocycles. The van der Waals surface area contributed by atoms with Crippen LogP contribution in [-0.2, 0) is 9.47 Å². The van der Waals surface area contributed by atoms with E-state index in [1.54, 1.807) is 0 Å². The minimum Gasteiger partial charge on any atom is -0.381 e. The zero-order valence-electron chi connectivity index (χ0n) is 21.5. The molecule has 0 aromatic rings. The first-order chi connectivity index (χ1) is 13.8. The van der Waals surface area contributed by atoms with Gasteiger partial charge in [0, 0.05) is 48.6 Å². The molecule has 0 bridgehead atoms. The maximum Gasteiger partial charge on any atom is 0.0495 e. The highest BCUT2D eigenvalue weighted by Crippen LogP contribution is 2.34. The van der Waals surface area contributed by atoms with Gasteiger partial charge in [-0.15, -0.1) is 0 Å². The van der Waals surface area contributed by atoms with Gasteiger partial charge in [-0.2, -0.15) is 0 Å². The SMILES string of the molecule is CC1(C)CC(COCCCCCCOCC2CC(C)(C)NC(C)(C)C2)CC(C)(C)N1. The second-order valence-corrected chi connectivity index (χ2v) is 12.9. The Morgan fingerprint density at radius 1 is 0.533 bits per heavy atom. The third kappa shape index (κ3) is 9.97. The summed E-state index contributed by atoms with van der Waals surface area (Å²) in [5.41, 5.74) is 0.871. The molecule has 30 heavy (non-hydrogen) atoms. The first-order valence-corrected chi connectivity index (χ1v) is 12.5. The number of unbranched alkanes of at least 4 members (excludes halogenated alkanes) is 3. The van der Waals surface area contributed by atoms with Crippen molar-refractivity contribution in [3.05, 3.63) is 0 Å². The maximum absolute atomic E-state index is 6.04. The summed E-state index contributed by atoms with van der Waals surface area (Å²) in [6.07, 6.45) is 9.68. The van der Waals surface area contributed by atoms with E-state index in [2.05, 4.69) is 66.0 Å². The molecule has 4 nitrogen and oxygen atoms in total. The Kier molecular flexibility index (Phi) is 9.25. The van der Waals surface area contributed by atoms with Gasteiger partial charge >= 0.3 is 0 Å². The molecule has 0 aliphatic carbocycles. The van der Waals surface area contributed by atoms with Crippen LogP contribution < -0.4 is 10.6 Å². The van der Waals surface area contributed by atoms with Crippen molar-refractivity contribution < 1.29 is 9.47 Å². The second-order valence-electron chi connectivity index (χ2n) is 12.9. The molecule has 2 rings (SSSR count). The standard InChI is InChI=1S/C26H52N2O2/c1-23(2)15-21(16-24(3,4)27-23)19-29-13-11-9-10-12-14-30-20-22-17-25(5,6)28-26(7,8)18-22/h21-22,27-28H,9-20H2,1-8H3.